The highest BCUT2D eigenvalue weighted by Crippen LogP contribution is 2.55. The monoisotopic (exact) mass is 608 g/mol. The molecule has 6 rings (SSSR count). The summed E-state index contributed by atoms with van der Waals surface area (Å²) in [5.74, 6) is 4.83. The van der Waals surface area contributed by atoms with Gasteiger partial charge in [-0.25, -0.2) is 0 Å². The van der Waals surface area contributed by atoms with Gasteiger partial charge >= 0.3 is 0 Å². The third-order valence-electron chi connectivity index (χ3n) is 10.7. The average molecular weight is 609 g/mol. The van der Waals surface area contributed by atoms with Crippen LogP contribution in [0.2, 0.25) is 0 Å². The molecule has 0 saturated heterocycles. The van der Waals surface area contributed by atoms with Crippen molar-refractivity contribution in [2.75, 3.05) is 0 Å². The molecule has 3 aliphatic rings. The van der Waals surface area contributed by atoms with E-state index in [2.05, 4.69) is 107 Å². The zero-order chi connectivity index (χ0) is 32.5. The molecule has 0 amide bonds. The highest BCUT2D eigenvalue weighted by Gasteiger charge is 2.40. The second-order valence-corrected chi connectivity index (χ2v) is 15.8. The van der Waals surface area contributed by atoms with Crippen LogP contribution in [0.1, 0.15) is 198 Å². The maximum absolute atomic E-state index is 7.10. The fraction of sp³-hybridized carbons (Fsp3) is 0.571. The van der Waals surface area contributed by atoms with E-state index in [4.69, 9.17) is 14.2 Å². The molecule has 2 heterocycles. The summed E-state index contributed by atoms with van der Waals surface area (Å²) >= 11 is 0. The van der Waals surface area contributed by atoms with Crippen molar-refractivity contribution in [3.05, 3.63) is 91.0 Å². The fourth-order valence-corrected chi connectivity index (χ4v) is 8.56. The van der Waals surface area contributed by atoms with Crippen LogP contribution in [0.3, 0.4) is 0 Å². The highest BCUT2D eigenvalue weighted by atomic mass is 16.7. The van der Waals surface area contributed by atoms with Crippen molar-refractivity contribution in [3.63, 3.8) is 0 Å². The minimum atomic E-state index is -0.452. The Morgan fingerprint density at radius 2 is 0.978 bits per heavy atom. The molecule has 1 unspecified atom stereocenters. The van der Waals surface area contributed by atoms with Crippen LogP contribution < -0.4 is 9.47 Å². The first-order valence-electron chi connectivity index (χ1n) is 17.7. The van der Waals surface area contributed by atoms with Gasteiger partial charge in [-0.3, -0.25) is 0 Å². The molecule has 2 aliphatic heterocycles. The first-order valence-corrected chi connectivity index (χ1v) is 17.7. The fourth-order valence-electron chi connectivity index (χ4n) is 8.56. The van der Waals surface area contributed by atoms with Gasteiger partial charge in [-0.15, -0.1) is 0 Å². The predicted octanol–water partition coefficient (Wildman–Crippen LogP) is 11.8. The van der Waals surface area contributed by atoms with Crippen molar-refractivity contribution in [2.24, 2.45) is 0 Å². The summed E-state index contributed by atoms with van der Waals surface area (Å²) in [6, 6.07) is 9.70. The molecule has 0 saturated carbocycles. The maximum Gasteiger partial charge on any atom is 0.268 e. The van der Waals surface area contributed by atoms with E-state index in [0.29, 0.717) is 54.6 Å². The molecule has 1 atom stereocenters. The molecule has 0 aromatic heterocycles. The number of hydrogen-bond acceptors (Lipinski definition) is 3. The van der Waals surface area contributed by atoms with Crippen molar-refractivity contribution in [1.29, 1.82) is 0 Å². The molecule has 0 fully saturated rings. The van der Waals surface area contributed by atoms with Crippen LogP contribution in [0, 0.1) is 0 Å². The third kappa shape index (κ3) is 5.41. The van der Waals surface area contributed by atoms with E-state index < -0.39 is 6.29 Å². The van der Waals surface area contributed by atoms with E-state index in [0.717, 1.165) is 24.3 Å². The Balaban J connectivity index is 1.49. The molecule has 1 aliphatic carbocycles. The van der Waals surface area contributed by atoms with Crippen LogP contribution in [0.4, 0.5) is 0 Å². The van der Waals surface area contributed by atoms with Crippen molar-refractivity contribution in [3.8, 4) is 11.5 Å². The van der Waals surface area contributed by atoms with Gasteiger partial charge in [-0.05, 0) is 110 Å². The van der Waals surface area contributed by atoms with Crippen molar-refractivity contribution in [1.82, 2.24) is 0 Å². The zero-order valence-corrected chi connectivity index (χ0v) is 30.0. The summed E-state index contributed by atoms with van der Waals surface area (Å²) < 4.78 is 20.1. The summed E-state index contributed by atoms with van der Waals surface area (Å²) in [7, 11) is 0. The van der Waals surface area contributed by atoms with E-state index in [1.807, 2.05) is 0 Å². The summed E-state index contributed by atoms with van der Waals surface area (Å²) in [6.07, 6.45) is 1.75. The summed E-state index contributed by atoms with van der Waals surface area (Å²) in [6.45, 7) is 29.2. The lowest BCUT2D eigenvalue weighted by atomic mass is 9.83. The molecule has 0 N–H and O–H groups in total. The number of hydrogen-bond donors (Lipinski definition) is 0. The molecule has 0 radical (unpaired) electrons. The van der Waals surface area contributed by atoms with Gasteiger partial charge in [0.25, 0.3) is 6.29 Å². The molecule has 0 spiro atoms. The van der Waals surface area contributed by atoms with Crippen molar-refractivity contribution >= 4 is 0 Å². The largest absolute Gasteiger partial charge is 0.446 e. The molecule has 3 aromatic rings. The Bertz CT molecular complexity index is 1570. The molecule has 242 valence electrons. The smallest absolute Gasteiger partial charge is 0.268 e. The van der Waals surface area contributed by atoms with Gasteiger partial charge in [0.2, 0.25) is 0 Å². The summed E-state index contributed by atoms with van der Waals surface area (Å²) in [4.78, 5) is 0. The van der Waals surface area contributed by atoms with Gasteiger partial charge in [0.15, 0.2) is 11.5 Å². The van der Waals surface area contributed by atoms with Crippen LogP contribution in [0.5, 0.6) is 11.5 Å². The van der Waals surface area contributed by atoms with E-state index in [1.165, 1.54) is 55.6 Å². The molecular formula is C42H56O3. The molecule has 3 aromatic carbocycles. The molecule has 45 heavy (non-hydrogen) atoms. The summed E-state index contributed by atoms with van der Waals surface area (Å²) in [5.41, 5.74) is 16.9. The molecular weight excluding hydrogens is 552 g/mol. The molecule has 3 heteroatoms. The van der Waals surface area contributed by atoms with Crippen molar-refractivity contribution < 1.29 is 14.2 Å². The second kappa shape index (κ2) is 12.1. The Morgan fingerprint density at radius 1 is 0.489 bits per heavy atom. The third-order valence-corrected chi connectivity index (χ3v) is 10.7. The number of benzene rings is 3. The van der Waals surface area contributed by atoms with Gasteiger partial charge in [-0.1, -0.05) is 101 Å². The van der Waals surface area contributed by atoms with E-state index in [1.54, 1.807) is 11.1 Å². The van der Waals surface area contributed by atoms with Crippen LogP contribution in [0.15, 0.2) is 24.3 Å². The van der Waals surface area contributed by atoms with Gasteiger partial charge in [0.05, 0.1) is 13.2 Å². The Hall–Kier alpha value is -2.78. The lowest BCUT2D eigenvalue weighted by Crippen LogP contribution is -2.16. The van der Waals surface area contributed by atoms with Gasteiger partial charge in [0, 0.05) is 16.7 Å². The lowest BCUT2D eigenvalue weighted by Gasteiger charge is -2.24. The van der Waals surface area contributed by atoms with E-state index in [-0.39, 0.29) is 0 Å². The van der Waals surface area contributed by atoms with Crippen LogP contribution in [0.25, 0.3) is 0 Å². The second-order valence-electron chi connectivity index (χ2n) is 15.8. The Morgan fingerprint density at radius 3 is 1.49 bits per heavy atom. The zero-order valence-electron chi connectivity index (χ0n) is 30.0. The average Bonchev–Trinajstić information content (AvgIpc) is 3.72. The highest BCUT2D eigenvalue weighted by molar-refractivity contribution is 5.63. The van der Waals surface area contributed by atoms with E-state index in [9.17, 15) is 0 Å². The maximum atomic E-state index is 7.10. The normalized spacial score (nSPS) is 17.7. The first-order chi connectivity index (χ1) is 21.3. The minimum Gasteiger partial charge on any atom is -0.446 e. The first kappa shape index (κ1) is 32.2. The molecule has 3 nitrogen and oxygen atoms in total. The van der Waals surface area contributed by atoms with Crippen molar-refractivity contribution in [2.45, 2.75) is 157 Å². The quantitative estimate of drug-likeness (QED) is 0.255. The SMILES string of the molecule is CC(C)c1ccc(C(C)C)c2c1CC(c1cc(C(C)C)c3c(c1C(C)C)OC(c1cc(C(C)C)c4c(c1C(C)C)COC4)O3)C2. The van der Waals surface area contributed by atoms with Crippen LogP contribution in [-0.2, 0) is 30.8 Å². The number of rotatable bonds is 8. The Kier molecular flexibility index (Phi) is 8.65. The van der Waals surface area contributed by atoms with Gasteiger partial charge in [0.1, 0.15) is 0 Å². The lowest BCUT2D eigenvalue weighted by molar-refractivity contribution is 0.0463. The van der Waals surface area contributed by atoms with Gasteiger partial charge in [-0.2, -0.15) is 0 Å². The Labute approximate surface area is 273 Å². The number of fused-ring (bicyclic) bond motifs is 3. The van der Waals surface area contributed by atoms with Crippen LogP contribution >= 0.6 is 0 Å². The number of ether oxygens (including phenoxy) is 3. The summed E-state index contributed by atoms with van der Waals surface area (Å²) in [5, 5.41) is 0. The van der Waals surface area contributed by atoms with E-state index >= 15 is 0 Å². The van der Waals surface area contributed by atoms with Gasteiger partial charge < -0.3 is 14.2 Å². The standard InChI is InChI=1S/C42H56O3/c1-21(2)28-13-14-29(22(3)4)34-16-27(15-33(28)34)32-18-31(24(7)8)40-41(39(32)26(11)12)45-42(44-40)35-17-30(23(5)6)36-19-43-20-37(36)38(35)25(9)10/h13-14,17-18,21-27,42H,15-16,19-20H2,1-12H3. The topological polar surface area (TPSA) is 27.7 Å². The minimum absolute atomic E-state index is 0.319. The van der Waals surface area contributed by atoms with Crippen LogP contribution in [-0.4, -0.2) is 0 Å². The molecule has 0 bridgehead atoms. The predicted molar refractivity (Wildman–Crippen MR) is 186 cm³/mol.